The van der Waals surface area contributed by atoms with E-state index in [0.717, 1.165) is 12.8 Å². The van der Waals surface area contributed by atoms with E-state index in [1.807, 2.05) is 6.92 Å². The van der Waals surface area contributed by atoms with Crippen LogP contribution >= 0.6 is 0 Å². The Bertz CT molecular complexity index is 335. The van der Waals surface area contributed by atoms with E-state index in [4.69, 9.17) is 0 Å². The van der Waals surface area contributed by atoms with Gasteiger partial charge >= 0.3 is 5.97 Å². The highest BCUT2D eigenvalue weighted by Crippen LogP contribution is 2.29. The molecule has 102 valence electrons. The van der Waals surface area contributed by atoms with Crippen LogP contribution in [0.1, 0.15) is 45.4 Å². The lowest BCUT2D eigenvalue weighted by Crippen LogP contribution is -2.54. The number of hydrogen-bond donors (Lipinski definition) is 3. The maximum atomic E-state index is 11.6. The van der Waals surface area contributed by atoms with E-state index in [9.17, 15) is 19.5 Å². The molecule has 1 fully saturated rings. The Morgan fingerprint density at radius 2 is 1.78 bits per heavy atom. The van der Waals surface area contributed by atoms with Crippen LogP contribution in [0.2, 0.25) is 0 Å². The van der Waals surface area contributed by atoms with E-state index in [-0.39, 0.29) is 12.5 Å². The van der Waals surface area contributed by atoms with Crippen molar-refractivity contribution in [1.29, 1.82) is 0 Å². The van der Waals surface area contributed by atoms with Gasteiger partial charge in [0.25, 0.3) is 0 Å². The summed E-state index contributed by atoms with van der Waals surface area (Å²) < 4.78 is 0. The van der Waals surface area contributed by atoms with Crippen molar-refractivity contribution >= 4 is 17.8 Å². The summed E-state index contributed by atoms with van der Waals surface area (Å²) in [6.07, 6.45) is 3.60. The highest BCUT2D eigenvalue weighted by molar-refractivity contribution is 5.90. The zero-order chi connectivity index (χ0) is 13.6. The number of amides is 2. The number of carbonyl (C=O) groups excluding carboxylic acids is 2. The molecule has 0 aliphatic heterocycles. The molecule has 0 aromatic heterocycles. The van der Waals surface area contributed by atoms with Gasteiger partial charge in [0, 0.05) is 6.42 Å². The molecule has 6 heteroatoms. The molecule has 0 aromatic rings. The van der Waals surface area contributed by atoms with E-state index in [1.165, 1.54) is 0 Å². The average Bonchev–Trinajstić information content (AvgIpc) is 2.77. The van der Waals surface area contributed by atoms with Crippen LogP contribution < -0.4 is 10.6 Å². The Morgan fingerprint density at radius 1 is 1.17 bits per heavy atom. The van der Waals surface area contributed by atoms with Crippen LogP contribution in [0.25, 0.3) is 0 Å². The molecule has 2 amide bonds. The molecule has 0 bridgehead atoms. The van der Waals surface area contributed by atoms with Gasteiger partial charge in [-0.05, 0) is 19.3 Å². The Labute approximate surface area is 106 Å². The largest absolute Gasteiger partial charge is 0.480 e. The van der Waals surface area contributed by atoms with Crippen LogP contribution in [0, 0.1) is 0 Å². The summed E-state index contributed by atoms with van der Waals surface area (Å²) in [5, 5.41) is 14.2. The first-order valence-electron chi connectivity index (χ1n) is 6.31. The second-order valence-corrected chi connectivity index (χ2v) is 4.67. The summed E-state index contributed by atoms with van der Waals surface area (Å²) in [5.74, 6) is -1.62. The SMILES string of the molecule is CCCC(=O)NCC(=O)NC1(C(=O)O)CCCC1. The fourth-order valence-corrected chi connectivity index (χ4v) is 2.18. The number of hydrogen-bond acceptors (Lipinski definition) is 3. The number of carboxylic acid groups (broad SMARTS) is 1. The molecule has 3 N–H and O–H groups in total. The van der Waals surface area contributed by atoms with Crippen LogP contribution in [0.5, 0.6) is 0 Å². The molecule has 6 nitrogen and oxygen atoms in total. The van der Waals surface area contributed by atoms with E-state index in [2.05, 4.69) is 10.6 Å². The van der Waals surface area contributed by atoms with Gasteiger partial charge in [-0.1, -0.05) is 19.8 Å². The second kappa shape index (κ2) is 6.37. The molecule has 0 spiro atoms. The van der Waals surface area contributed by atoms with Crippen molar-refractivity contribution in [1.82, 2.24) is 10.6 Å². The monoisotopic (exact) mass is 256 g/mol. The predicted molar refractivity (Wildman–Crippen MR) is 64.9 cm³/mol. The molecule has 0 aromatic carbocycles. The Balaban J connectivity index is 2.43. The fraction of sp³-hybridized carbons (Fsp3) is 0.750. The first kappa shape index (κ1) is 14.5. The average molecular weight is 256 g/mol. The van der Waals surface area contributed by atoms with Gasteiger partial charge in [0.2, 0.25) is 11.8 Å². The minimum absolute atomic E-state index is 0.159. The quantitative estimate of drug-likeness (QED) is 0.641. The van der Waals surface area contributed by atoms with Crippen LogP contribution in [0.4, 0.5) is 0 Å². The maximum Gasteiger partial charge on any atom is 0.329 e. The molecular weight excluding hydrogens is 236 g/mol. The number of rotatable bonds is 6. The smallest absolute Gasteiger partial charge is 0.329 e. The standard InChI is InChI=1S/C12H20N2O4/c1-2-5-9(15)13-8-10(16)14-12(11(17)18)6-3-4-7-12/h2-8H2,1H3,(H,13,15)(H,14,16)(H,17,18). The summed E-state index contributed by atoms with van der Waals surface area (Å²) in [7, 11) is 0. The lowest BCUT2D eigenvalue weighted by Gasteiger charge is -2.25. The summed E-state index contributed by atoms with van der Waals surface area (Å²) in [6.45, 7) is 1.71. The number of carboxylic acids is 1. The zero-order valence-electron chi connectivity index (χ0n) is 10.6. The number of aliphatic carboxylic acids is 1. The molecule has 1 aliphatic rings. The Hall–Kier alpha value is -1.59. The number of carbonyl (C=O) groups is 3. The van der Waals surface area contributed by atoms with Gasteiger partial charge in [-0.15, -0.1) is 0 Å². The van der Waals surface area contributed by atoms with Crippen LogP contribution in [0.15, 0.2) is 0 Å². The van der Waals surface area contributed by atoms with Gasteiger partial charge in [0.05, 0.1) is 6.54 Å². The first-order valence-corrected chi connectivity index (χ1v) is 6.31. The molecule has 1 rings (SSSR count). The van der Waals surface area contributed by atoms with Gasteiger partial charge in [0.15, 0.2) is 0 Å². The van der Waals surface area contributed by atoms with Gasteiger partial charge < -0.3 is 15.7 Å². The van der Waals surface area contributed by atoms with Crippen molar-refractivity contribution < 1.29 is 19.5 Å². The summed E-state index contributed by atoms with van der Waals surface area (Å²) in [6, 6.07) is 0. The lowest BCUT2D eigenvalue weighted by molar-refractivity contribution is -0.147. The summed E-state index contributed by atoms with van der Waals surface area (Å²) in [4.78, 5) is 34.0. The molecule has 0 radical (unpaired) electrons. The topological polar surface area (TPSA) is 95.5 Å². The first-order chi connectivity index (χ1) is 8.50. The van der Waals surface area contributed by atoms with Gasteiger partial charge in [-0.3, -0.25) is 9.59 Å². The second-order valence-electron chi connectivity index (χ2n) is 4.67. The van der Waals surface area contributed by atoms with Crippen molar-refractivity contribution in [2.24, 2.45) is 0 Å². The van der Waals surface area contributed by atoms with Crippen LogP contribution in [-0.2, 0) is 14.4 Å². The Morgan fingerprint density at radius 3 is 2.28 bits per heavy atom. The normalized spacial score (nSPS) is 17.2. The Kier molecular flexibility index (Phi) is 5.12. The minimum Gasteiger partial charge on any atom is -0.480 e. The van der Waals surface area contributed by atoms with E-state index in [0.29, 0.717) is 25.7 Å². The van der Waals surface area contributed by atoms with Crippen molar-refractivity contribution in [2.45, 2.75) is 51.0 Å². The van der Waals surface area contributed by atoms with E-state index in [1.54, 1.807) is 0 Å². The predicted octanol–water partition coefficient (Wildman–Crippen LogP) is 0.416. The molecular formula is C12H20N2O4. The third-order valence-corrected chi connectivity index (χ3v) is 3.17. The van der Waals surface area contributed by atoms with Gasteiger partial charge in [-0.2, -0.15) is 0 Å². The molecule has 0 atom stereocenters. The third kappa shape index (κ3) is 3.72. The van der Waals surface area contributed by atoms with Gasteiger partial charge in [-0.25, -0.2) is 4.79 Å². The van der Waals surface area contributed by atoms with Crippen LogP contribution in [0.3, 0.4) is 0 Å². The van der Waals surface area contributed by atoms with Gasteiger partial charge in [0.1, 0.15) is 5.54 Å². The number of nitrogens with one attached hydrogen (secondary N) is 2. The molecule has 18 heavy (non-hydrogen) atoms. The lowest BCUT2D eigenvalue weighted by atomic mass is 9.98. The fourth-order valence-electron chi connectivity index (χ4n) is 2.18. The highest BCUT2D eigenvalue weighted by atomic mass is 16.4. The molecule has 0 unspecified atom stereocenters. The van der Waals surface area contributed by atoms with Crippen molar-refractivity contribution in [3.05, 3.63) is 0 Å². The minimum atomic E-state index is -1.13. The molecule has 0 saturated heterocycles. The van der Waals surface area contributed by atoms with E-state index < -0.39 is 17.4 Å². The van der Waals surface area contributed by atoms with Crippen molar-refractivity contribution in [3.63, 3.8) is 0 Å². The van der Waals surface area contributed by atoms with E-state index >= 15 is 0 Å². The molecule has 1 saturated carbocycles. The van der Waals surface area contributed by atoms with Crippen molar-refractivity contribution in [2.75, 3.05) is 6.54 Å². The maximum absolute atomic E-state index is 11.6. The zero-order valence-corrected chi connectivity index (χ0v) is 10.6. The molecule has 1 aliphatic carbocycles. The summed E-state index contributed by atoms with van der Waals surface area (Å²) >= 11 is 0. The highest BCUT2D eigenvalue weighted by Gasteiger charge is 2.42. The summed E-state index contributed by atoms with van der Waals surface area (Å²) in [5.41, 5.74) is -1.13. The third-order valence-electron chi connectivity index (χ3n) is 3.17. The van der Waals surface area contributed by atoms with Crippen LogP contribution in [-0.4, -0.2) is 35.0 Å². The molecule has 0 heterocycles. The van der Waals surface area contributed by atoms with Crippen molar-refractivity contribution in [3.8, 4) is 0 Å².